The largest absolute Gasteiger partial charge is 0.507 e. The van der Waals surface area contributed by atoms with E-state index in [1.807, 2.05) is 60.7 Å². The third kappa shape index (κ3) is 4.27. The monoisotopic (exact) mass is 424 g/mol. The van der Waals surface area contributed by atoms with E-state index in [2.05, 4.69) is 0 Å². The van der Waals surface area contributed by atoms with Crippen LogP contribution in [0, 0.1) is 0 Å². The SMILES string of the molecule is OC[C@H]1O[C@@H](Oc2cc(-c3ccccc3)c(O)cc2-c2ccccc2)[C@H](O)[C@@H](O)[C@@H]1O. The van der Waals surface area contributed by atoms with E-state index in [9.17, 15) is 25.5 Å². The lowest BCUT2D eigenvalue weighted by molar-refractivity contribution is -0.277. The van der Waals surface area contributed by atoms with Crippen molar-refractivity contribution >= 4 is 0 Å². The molecule has 162 valence electrons. The first-order chi connectivity index (χ1) is 15.0. The lowest BCUT2D eigenvalue weighted by Gasteiger charge is -2.39. The second-order valence-corrected chi connectivity index (χ2v) is 7.41. The first-order valence-electron chi connectivity index (χ1n) is 9.94. The summed E-state index contributed by atoms with van der Waals surface area (Å²) in [6.07, 6.45) is -7.01. The molecule has 1 aliphatic rings. The molecule has 0 bridgehead atoms. The van der Waals surface area contributed by atoms with Crippen molar-refractivity contribution in [3.63, 3.8) is 0 Å². The number of phenolic OH excluding ortho intramolecular Hbond substituents is 1. The zero-order valence-electron chi connectivity index (χ0n) is 16.6. The molecule has 0 aliphatic carbocycles. The number of aliphatic hydroxyl groups is 4. The van der Waals surface area contributed by atoms with Gasteiger partial charge in [0.2, 0.25) is 6.29 Å². The van der Waals surface area contributed by atoms with E-state index >= 15 is 0 Å². The standard InChI is InChI=1S/C24H24O7/c25-13-20-21(27)22(28)23(29)24(31-20)30-19-12-16(14-7-3-1-4-8-14)18(26)11-17(19)15-9-5-2-6-10-15/h1-12,20-29H,13H2/t20-,21-,22+,23-,24-/m1/s1. The quantitative estimate of drug-likeness (QED) is 0.424. The maximum absolute atomic E-state index is 10.7. The van der Waals surface area contributed by atoms with Gasteiger partial charge >= 0.3 is 0 Å². The van der Waals surface area contributed by atoms with Crippen LogP contribution < -0.4 is 4.74 Å². The molecule has 7 nitrogen and oxygen atoms in total. The van der Waals surface area contributed by atoms with Crippen LogP contribution in [-0.4, -0.2) is 62.8 Å². The molecule has 1 saturated heterocycles. The van der Waals surface area contributed by atoms with Crippen molar-refractivity contribution in [1.29, 1.82) is 0 Å². The average Bonchev–Trinajstić information content (AvgIpc) is 2.81. The van der Waals surface area contributed by atoms with Gasteiger partial charge in [-0.2, -0.15) is 0 Å². The average molecular weight is 424 g/mol. The number of phenols is 1. The Hall–Kier alpha value is -2.94. The van der Waals surface area contributed by atoms with Gasteiger partial charge in [-0.05, 0) is 23.3 Å². The van der Waals surface area contributed by atoms with Gasteiger partial charge in [-0.25, -0.2) is 0 Å². The van der Waals surface area contributed by atoms with Gasteiger partial charge in [0.15, 0.2) is 0 Å². The van der Waals surface area contributed by atoms with Crippen molar-refractivity contribution in [3.8, 4) is 33.8 Å². The van der Waals surface area contributed by atoms with Crippen LogP contribution >= 0.6 is 0 Å². The van der Waals surface area contributed by atoms with E-state index in [0.717, 1.165) is 11.1 Å². The lowest BCUT2D eigenvalue weighted by Crippen LogP contribution is -2.60. The van der Waals surface area contributed by atoms with Crippen LogP contribution in [0.4, 0.5) is 0 Å². The number of benzene rings is 3. The molecule has 0 saturated carbocycles. The highest BCUT2D eigenvalue weighted by Gasteiger charge is 2.45. The summed E-state index contributed by atoms with van der Waals surface area (Å²) in [4.78, 5) is 0. The molecule has 3 aromatic rings. The van der Waals surface area contributed by atoms with Crippen LogP contribution in [-0.2, 0) is 4.74 Å². The Morgan fingerprint density at radius 2 is 1.32 bits per heavy atom. The molecular weight excluding hydrogens is 400 g/mol. The minimum absolute atomic E-state index is 0.0474. The summed E-state index contributed by atoms with van der Waals surface area (Å²) >= 11 is 0. The van der Waals surface area contributed by atoms with Gasteiger partial charge in [0.25, 0.3) is 0 Å². The molecule has 31 heavy (non-hydrogen) atoms. The smallest absolute Gasteiger partial charge is 0.229 e. The summed E-state index contributed by atoms with van der Waals surface area (Å²) in [5.41, 5.74) is 2.59. The van der Waals surface area contributed by atoms with Crippen LogP contribution in [0.25, 0.3) is 22.3 Å². The Morgan fingerprint density at radius 3 is 1.90 bits per heavy atom. The minimum Gasteiger partial charge on any atom is -0.507 e. The van der Waals surface area contributed by atoms with E-state index in [0.29, 0.717) is 16.9 Å². The van der Waals surface area contributed by atoms with Crippen molar-refractivity contribution in [2.45, 2.75) is 30.7 Å². The summed E-state index contributed by atoms with van der Waals surface area (Å²) in [6.45, 7) is -0.554. The fourth-order valence-corrected chi connectivity index (χ4v) is 3.65. The third-order valence-electron chi connectivity index (χ3n) is 5.36. The third-order valence-corrected chi connectivity index (χ3v) is 5.36. The Labute approximate surface area is 179 Å². The fraction of sp³-hybridized carbons (Fsp3) is 0.250. The van der Waals surface area contributed by atoms with Crippen LogP contribution in [0.5, 0.6) is 11.5 Å². The molecule has 3 aromatic carbocycles. The number of aliphatic hydroxyl groups excluding tert-OH is 4. The van der Waals surface area contributed by atoms with E-state index < -0.39 is 37.3 Å². The Bertz CT molecular complexity index is 1010. The predicted molar refractivity (Wildman–Crippen MR) is 113 cm³/mol. The second-order valence-electron chi connectivity index (χ2n) is 7.41. The van der Waals surface area contributed by atoms with Crippen molar-refractivity contribution in [2.75, 3.05) is 6.61 Å². The number of hydrogen-bond donors (Lipinski definition) is 5. The first kappa shape index (κ1) is 21.3. The Balaban J connectivity index is 1.77. The first-order valence-corrected chi connectivity index (χ1v) is 9.94. The fourth-order valence-electron chi connectivity index (χ4n) is 3.65. The normalized spacial score (nSPS) is 25.9. The molecule has 1 heterocycles. The van der Waals surface area contributed by atoms with Gasteiger partial charge in [-0.15, -0.1) is 0 Å². The summed E-state index contributed by atoms with van der Waals surface area (Å²) < 4.78 is 11.5. The zero-order chi connectivity index (χ0) is 22.0. The molecule has 4 rings (SSSR count). The number of hydrogen-bond acceptors (Lipinski definition) is 7. The lowest BCUT2D eigenvalue weighted by atomic mass is 9.97. The molecule has 1 fully saturated rings. The van der Waals surface area contributed by atoms with Crippen LogP contribution in [0.2, 0.25) is 0 Å². The van der Waals surface area contributed by atoms with Crippen molar-refractivity contribution < 1.29 is 35.0 Å². The number of rotatable bonds is 5. The van der Waals surface area contributed by atoms with Gasteiger partial charge in [-0.1, -0.05) is 60.7 Å². The maximum Gasteiger partial charge on any atom is 0.229 e. The number of ether oxygens (including phenoxy) is 2. The molecule has 0 aromatic heterocycles. The van der Waals surface area contributed by atoms with E-state index in [1.54, 1.807) is 12.1 Å². The minimum atomic E-state index is -1.55. The summed E-state index contributed by atoms with van der Waals surface area (Å²) in [5, 5.41) is 50.7. The predicted octanol–water partition coefficient (Wildman–Crippen LogP) is 1.90. The number of aromatic hydroxyl groups is 1. The topological polar surface area (TPSA) is 120 Å². The van der Waals surface area contributed by atoms with Crippen LogP contribution in [0.3, 0.4) is 0 Å². The van der Waals surface area contributed by atoms with E-state index in [-0.39, 0.29) is 5.75 Å². The van der Waals surface area contributed by atoms with Gasteiger partial charge in [0.1, 0.15) is 35.9 Å². The Kier molecular flexibility index (Phi) is 6.22. The maximum atomic E-state index is 10.7. The zero-order valence-corrected chi connectivity index (χ0v) is 16.6. The molecule has 0 spiro atoms. The molecule has 0 unspecified atom stereocenters. The highest BCUT2D eigenvalue weighted by molar-refractivity contribution is 5.80. The molecule has 1 aliphatic heterocycles. The molecule has 5 atom stereocenters. The van der Waals surface area contributed by atoms with E-state index in [1.165, 1.54) is 0 Å². The van der Waals surface area contributed by atoms with Gasteiger partial charge in [-0.3, -0.25) is 0 Å². The van der Waals surface area contributed by atoms with Gasteiger partial charge in [0.05, 0.1) is 6.61 Å². The molecule has 5 N–H and O–H groups in total. The van der Waals surface area contributed by atoms with Crippen molar-refractivity contribution in [2.24, 2.45) is 0 Å². The van der Waals surface area contributed by atoms with Gasteiger partial charge < -0.3 is 35.0 Å². The molecule has 7 heteroatoms. The summed E-state index contributed by atoms with van der Waals surface area (Å²) in [6, 6.07) is 21.7. The van der Waals surface area contributed by atoms with Crippen LogP contribution in [0.15, 0.2) is 72.8 Å². The van der Waals surface area contributed by atoms with Crippen molar-refractivity contribution in [1.82, 2.24) is 0 Å². The molecule has 0 amide bonds. The van der Waals surface area contributed by atoms with Gasteiger partial charge in [0, 0.05) is 11.1 Å². The second kappa shape index (κ2) is 9.05. The summed E-state index contributed by atoms with van der Waals surface area (Å²) in [5.74, 6) is 0.346. The van der Waals surface area contributed by atoms with E-state index in [4.69, 9.17) is 9.47 Å². The highest BCUT2D eigenvalue weighted by atomic mass is 16.7. The van der Waals surface area contributed by atoms with Crippen LogP contribution in [0.1, 0.15) is 0 Å². The molecule has 0 radical (unpaired) electrons. The van der Waals surface area contributed by atoms with Crippen molar-refractivity contribution in [3.05, 3.63) is 72.8 Å². The summed E-state index contributed by atoms with van der Waals surface area (Å²) in [7, 11) is 0. The highest BCUT2D eigenvalue weighted by Crippen LogP contribution is 2.41. The molecular formula is C24H24O7. The Morgan fingerprint density at radius 1 is 0.742 bits per heavy atom.